The molecule has 0 saturated heterocycles. The van der Waals surface area contributed by atoms with Gasteiger partial charge in [-0.1, -0.05) is 142 Å². The number of aromatic nitrogens is 1. The second kappa shape index (κ2) is 21.3. The Morgan fingerprint density at radius 2 is 0.458 bits per heavy atom. The molecule has 1 nitrogen and oxygen atoms in total. The smallest absolute Gasteiger partial charge is 0.0510 e. The van der Waals surface area contributed by atoms with Crippen molar-refractivity contribution in [1.82, 2.24) is 4.98 Å². The minimum atomic E-state index is -0.496. The Bertz CT molecular complexity index is 4300. The monoisotopic (exact) mass is 1080 g/mol. The van der Waals surface area contributed by atoms with E-state index < -0.39 is 10.8 Å². The highest BCUT2D eigenvalue weighted by atomic mass is 14.8. The highest BCUT2D eigenvalue weighted by Gasteiger charge is 2.34. The highest BCUT2D eigenvalue weighted by Crippen LogP contribution is 2.47. The van der Waals surface area contributed by atoms with Crippen molar-refractivity contribution in [3.63, 3.8) is 0 Å². The molecule has 2 heterocycles. The van der Waals surface area contributed by atoms with Gasteiger partial charge in [0.2, 0.25) is 0 Å². The van der Waals surface area contributed by atoms with Crippen molar-refractivity contribution in [2.24, 2.45) is 0 Å². The van der Waals surface area contributed by atoms with E-state index in [2.05, 4.69) is 297 Å². The third-order valence-electron chi connectivity index (χ3n) is 18.9. The minimum Gasteiger partial charge on any atom is -0.256 e. The first kappa shape index (κ1) is 54.9. The van der Waals surface area contributed by atoms with E-state index in [1.165, 1.54) is 167 Å². The molecule has 12 bridgehead atoms. The van der Waals surface area contributed by atoms with Crippen LogP contribution in [0.15, 0.2) is 200 Å². The molecule has 0 amide bonds. The van der Waals surface area contributed by atoms with Crippen LogP contribution < -0.4 is 0 Å². The van der Waals surface area contributed by atoms with Gasteiger partial charge in [-0.3, -0.25) is 4.98 Å². The molecule has 1 aliphatic heterocycles. The number of benzene rings is 10. The van der Waals surface area contributed by atoms with Crippen molar-refractivity contribution in [2.75, 3.05) is 0 Å². The zero-order chi connectivity index (χ0) is 58.2. The topological polar surface area (TPSA) is 12.9 Å². The van der Waals surface area contributed by atoms with Gasteiger partial charge in [-0.15, -0.1) is 0 Å². The first-order valence-corrected chi connectivity index (χ1v) is 29.9. The molecule has 83 heavy (non-hydrogen) atoms. The molecule has 0 saturated carbocycles. The molecule has 0 aliphatic carbocycles. The summed E-state index contributed by atoms with van der Waals surface area (Å²) in [7, 11) is 0. The first-order chi connectivity index (χ1) is 39.8. The van der Waals surface area contributed by atoms with Crippen LogP contribution >= 0.6 is 0 Å². The highest BCUT2D eigenvalue weighted by molar-refractivity contribution is 5.92. The zero-order valence-electron chi connectivity index (χ0n) is 51.2. The van der Waals surface area contributed by atoms with E-state index >= 15 is 0 Å². The van der Waals surface area contributed by atoms with Gasteiger partial charge in [-0.2, -0.15) is 0 Å². The molecule has 0 N–H and O–H groups in total. The van der Waals surface area contributed by atoms with Gasteiger partial charge < -0.3 is 0 Å². The first-order valence-electron chi connectivity index (χ1n) is 29.9. The maximum absolute atomic E-state index is 5.88. The van der Waals surface area contributed by atoms with Crippen LogP contribution in [0.3, 0.4) is 0 Å². The fraction of sp³-hybridized carbons (Fsp3) is 0.207. The van der Waals surface area contributed by atoms with E-state index in [9.17, 15) is 0 Å². The Balaban J connectivity index is 1.26. The Hall–Kier alpha value is -8.65. The van der Waals surface area contributed by atoms with Gasteiger partial charge in [-0.05, 0) is 328 Å². The molecule has 10 aromatic carbocycles. The van der Waals surface area contributed by atoms with Crippen LogP contribution in [0, 0.1) is 69.2 Å². The van der Waals surface area contributed by atoms with Crippen molar-refractivity contribution < 1.29 is 0 Å². The average molecular weight is 1080 g/mol. The third-order valence-corrected chi connectivity index (χ3v) is 18.9. The number of hydrogen-bond donors (Lipinski definition) is 0. The number of pyridine rings is 1. The third kappa shape index (κ3) is 9.89. The number of rotatable bonds is 6. The Kier molecular flexibility index (Phi) is 14.1. The molecular formula is C82H77N. The summed E-state index contributed by atoms with van der Waals surface area (Å²) in [5.74, 6) is 0. The van der Waals surface area contributed by atoms with Gasteiger partial charge in [-0.25, -0.2) is 0 Å². The molecule has 1 atom stereocenters. The SMILES string of the molecule is CCC1(C)c2cc(cc(-c3c(C)cccc3C)c2)-c2cc(cc(-c3c(C)cccc3C)c2)-c2cc(cc(-c3c(C)cccc3C)c2)-c2cc(cc(-c3c(C)cccc3C)c2)-c2cc(-c3c(C)cccc3C)cc(c2)C(C)(C)c2cccc1n2. The molecule has 1 unspecified atom stereocenters. The van der Waals surface area contributed by atoms with Crippen LogP contribution in [0.25, 0.3) is 100 Å². The molecule has 0 spiro atoms. The number of nitrogens with zero attached hydrogens (tertiary/aromatic N) is 1. The minimum absolute atomic E-state index is 0.453. The van der Waals surface area contributed by atoms with Crippen LogP contribution in [0.2, 0.25) is 0 Å². The lowest BCUT2D eigenvalue weighted by Crippen LogP contribution is -2.27. The lowest BCUT2D eigenvalue weighted by atomic mass is 9.73. The predicted octanol–water partition coefficient (Wildman–Crippen LogP) is 22.5. The second-order valence-electron chi connectivity index (χ2n) is 25.0. The number of aryl methyl sites for hydroxylation is 10. The Morgan fingerprint density at radius 1 is 0.253 bits per heavy atom. The molecule has 1 aromatic heterocycles. The van der Waals surface area contributed by atoms with E-state index in [0.29, 0.717) is 0 Å². The van der Waals surface area contributed by atoms with Crippen LogP contribution in [0.4, 0.5) is 0 Å². The Morgan fingerprint density at radius 3 is 0.747 bits per heavy atom. The molecule has 0 radical (unpaired) electrons. The summed E-state index contributed by atoms with van der Waals surface area (Å²) in [5.41, 5.74) is 38.1. The molecule has 11 aromatic rings. The second-order valence-corrected chi connectivity index (χ2v) is 25.0. The largest absolute Gasteiger partial charge is 0.256 e. The Labute approximate surface area is 494 Å². The zero-order valence-corrected chi connectivity index (χ0v) is 51.2. The predicted molar refractivity (Wildman–Crippen MR) is 356 cm³/mol. The van der Waals surface area contributed by atoms with Crippen molar-refractivity contribution in [2.45, 2.75) is 114 Å². The summed E-state index contributed by atoms with van der Waals surface area (Å²) in [6, 6.07) is 77.3. The van der Waals surface area contributed by atoms with E-state index in [1.807, 2.05) is 0 Å². The van der Waals surface area contributed by atoms with Gasteiger partial charge >= 0.3 is 0 Å². The van der Waals surface area contributed by atoms with Crippen LogP contribution in [-0.2, 0) is 10.8 Å². The fourth-order valence-corrected chi connectivity index (χ4v) is 14.0. The quantitative estimate of drug-likeness (QED) is 0.162. The molecule has 1 heteroatoms. The van der Waals surface area contributed by atoms with E-state index in [0.717, 1.165) is 17.8 Å². The van der Waals surface area contributed by atoms with Crippen molar-refractivity contribution in [1.29, 1.82) is 0 Å². The average Bonchev–Trinajstić information content (AvgIpc) is 3.65. The van der Waals surface area contributed by atoms with E-state index in [-0.39, 0.29) is 0 Å². The number of fused-ring (bicyclic) bond motifs is 16. The normalized spacial score (nSPS) is 14.3. The van der Waals surface area contributed by atoms with Gasteiger partial charge in [0, 0.05) is 10.8 Å². The number of hydrogen-bond acceptors (Lipinski definition) is 1. The van der Waals surface area contributed by atoms with Crippen LogP contribution in [0.1, 0.15) is 112 Å². The summed E-state index contributed by atoms with van der Waals surface area (Å²) >= 11 is 0. The van der Waals surface area contributed by atoms with Gasteiger partial charge in [0.15, 0.2) is 0 Å². The van der Waals surface area contributed by atoms with Gasteiger partial charge in [0.25, 0.3) is 0 Å². The standard InChI is InChI=1S/C82H77N/c1-15-82(14)73-46-66(44-71(48-73)80-57(10)30-20-31-58(80)11)64-36-62(40-69(42-64)78-53(6)26-18-27-54(78)7)60-34-59(37-67(38-60)76-49(2)22-16-23-50(76)3)61-35-63(41-68(39-61)77-51(4)24-17-25-52(77)5)65-43-70(79-55(8)28-19-29-56(79)9)47-72(45-65)81(12,13)74-32-21-33-75(82)83-74/h16-48H,15H2,1-14H3. The lowest BCUT2D eigenvalue weighted by Gasteiger charge is -2.33. The van der Waals surface area contributed by atoms with Crippen molar-refractivity contribution >= 4 is 0 Å². The molecular weight excluding hydrogens is 999 g/mol. The molecule has 1 aliphatic rings. The van der Waals surface area contributed by atoms with E-state index in [4.69, 9.17) is 4.98 Å². The lowest BCUT2D eigenvalue weighted by molar-refractivity contribution is 0.520. The van der Waals surface area contributed by atoms with E-state index in [1.54, 1.807) is 0 Å². The summed E-state index contributed by atoms with van der Waals surface area (Å²) in [6.45, 7) is 32.1. The summed E-state index contributed by atoms with van der Waals surface area (Å²) in [5, 5.41) is 0. The maximum atomic E-state index is 5.88. The van der Waals surface area contributed by atoms with Crippen molar-refractivity contribution in [3.05, 3.63) is 278 Å². The molecule has 410 valence electrons. The fourth-order valence-electron chi connectivity index (χ4n) is 14.0. The van der Waals surface area contributed by atoms with Crippen LogP contribution in [0.5, 0.6) is 0 Å². The van der Waals surface area contributed by atoms with Gasteiger partial charge in [0.05, 0.1) is 11.4 Å². The summed E-state index contributed by atoms with van der Waals surface area (Å²) < 4.78 is 0. The summed E-state index contributed by atoms with van der Waals surface area (Å²) in [4.78, 5) is 5.88. The van der Waals surface area contributed by atoms with Crippen molar-refractivity contribution in [3.8, 4) is 100 Å². The van der Waals surface area contributed by atoms with Crippen LogP contribution in [-0.4, -0.2) is 4.98 Å². The summed E-state index contributed by atoms with van der Waals surface area (Å²) in [6.07, 6.45) is 0.854. The maximum Gasteiger partial charge on any atom is 0.0510 e. The molecule has 0 fully saturated rings. The molecule has 12 rings (SSSR count). The van der Waals surface area contributed by atoms with Gasteiger partial charge in [0.1, 0.15) is 0 Å².